The van der Waals surface area contributed by atoms with Crippen molar-refractivity contribution in [2.75, 3.05) is 6.61 Å². The van der Waals surface area contributed by atoms with Crippen molar-refractivity contribution in [1.29, 1.82) is 0 Å². The molecule has 1 aliphatic rings. The number of carbonyl (C=O) groups is 1. The molecule has 2 heterocycles. The van der Waals surface area contributed by atoms with Gasteiger partial charge in [-0.1, -0.05) is 0 Å². The lowest BCUT2D eigenvalue weighted by molar-refractivity contribution is 0.107. The van der Waals surface area contributed by atoms with Crippen LogP contribution in [0.5, 0.6) is 0 Å². The van der Waals surface area contributed by atoms with Crippen LogP contribution in [0.1, 0.15) is 21.5 Å². The van der Waals surface area contributed by atoms with Crippen molar-refractivity contribution in [3.05, 3.63) is 29.1 Å². The van der Waals surface area contributed by atoms with Crippen LogP contribution in [0.3, 0.4) is 0 Å². The molecule has 0 radical (unpaired) electrons. The molecular formula is C9H9NO2. The van der Waals surface area contributed by atoms with E-state index in [1.165, 1.54) is 0 Å². The van der Waals surface area contributed by atoms with Crippen molar-refractivity contribution in [3.8, 4) is 0 Å². The van der Waals surface area contributed by atoms with E-state index in [1.54, 1.807) is 12.4 Å². The molecule has 0 fully saturated rings. The van der Waals surface area contributed by atoms with E-state index < -0.39 is 0 Å². The molecule has 0 aliphatic carbocycles. The normalized spacial score (nSPS) is 15.3. The third-order valence-corrected chi connectivity index (χ3v) is 2.06. The number of nitrogens with zero attached hydrogens (tertiary/aromatic N) is 1. The van der Waals surface area contributed by atoms with Gasteiger partial charge in [-0.15, -0.1) is 0 Å². The number of pyridine rings is 1. The van der Waals surface area contributed by atoms with Gasteiger partial charge in [-0.2, -0.15) is 0 Å². The van der Waals surface area contributed by atoms with E-state index in [2.05, 4.69) is 4.98 Å². The quantitative estimate of drug-likeness (QED) is 0.579. The molecule has 0 saturated heterocycles. The molecule has 1 aromatic heterocycles. The fraction of sp³-hybridized carbons (Fsp3) is 0.333. The Kier molecular flexibility index (Phi) is 1.87. The van der Waals surface area contributed by atoms with Gasteiger partial charge in [-0.25, -0.2) is 0 Å². The van der Waals surface area contributed by atoms with Crippen LogP contribution in [-0.2, 0) is 17.8 Å². The first kappa shape index (κ1) is 7.43. The number of fused-ring (bicyclic) bond motifs is 1. The lowest BCUT2D eigenvalue weighted by Crippen LogP contribution is -2.12. The Morgan fingerprint density at radius 2 is 2.42 bits per heavy atom. The first-order valence-corrected chi connectivity index (χ1v) is 3.90. The van der Waals surface area contributed by atoms with Crippen LogP contribution in [0.15, 0.2) is 12.4 Å². The largest absolute Gasteiger partial charge is 0.376 e. The molecule has 1 aromatic rings. The average molecular weight is 163 g/mol. The summed E-state index contributed by atoms with van der Waals surface area (Å²) in [5.74, 6) is 0. The molecule has 0 bridgehead atoms. The maximum Gasteiger partial charge on any atom is 0.151 e. The van der Waals surface area contributed by atoms with Gasteiger partial charge in [0.2, 0.25) is 0 Å². The lowest BCUT2D eigenvalue weighted by atomic mass is 10.0. The molecule has 12 heavy (non-hydrogen) atoms. The summed E-state index contributed by atoms with van der Waals surface area (Å²) in [6, 6.07) is 0. The van der Waals surface area contributed by atoms with Gasteiger partial charge in [0.1, 0.15) is 0 Å². The molecule has 0 atom stereocenters. The summed E-state index contributed by atoms with van der Waals surface area (Å²) in [5.41, 5.74) is 2.85. The van der Waals surface area contributed by atoms with Crippen molar-refractivity contribution >= 4 is 6.29 Å². The molecule has 1 aliphatic heterocycles. The Morgan fingerprint density at radius 3 is 3.25 bits per heavy atom. The molecule has 0 spiro atoms. The maximum absolute atomic E-state index is 10.6. The van der Waals surface area contributed by atoms with Crippen LogP contribution in [0, 0.1) is 0 Å². The van der Waals surface area contributed by atoms with Crippen LogP contribution in [0.4, 0.5) is 0 Å². The van der Waals surface area contributed by atoms with E-state index in [4.69, 9.17) is 4.74 Å². The highest BCUT2D eigenvalue weighted by molar-refractivity contribution is 5.77. The standard InChI is InChI=1S/C9H9NO2/c11-5-7-3-10-4-8-6-12-2-1-9(7)8/h3-5H,1-2,6H2. The zero-order valence-electron chi connectivity index (χ0n) is 6.62. The van der Waals surface area contributed by atoms with Crippen LogP contribution in [-0.4, -0.2) is 17.9 Å². The van der Waals surface area contributed by atoms with Crippen LogP contribution >= 0.6 is 0 Å². The first-order valence-electron chi connectivity index (χ1n) is 3.90. The summed E-state index contributed by atoms with van der Waals surface area (Å²) in [6.07, 6.45) is 5.06. The summed E-state index contributed by atoms with van der Waals surface area (Å²) in [4.78, 5) is 14.6. The Bertz CT molecular complexity index is 309. The Hall–Kier alpha value is -1.22. The number of aromatic nitrogens is 1. The SMILES string of the molecule is O=Cc1cncc2c1CCOC2. The zero-order chi connectivity index (χ0) is 8.39. The second-order valence-electron chi connectivity index (χ2n) is 2.79. The van der Waals surface area contributed by atoms with Gasteiger partial charge in [0.05, 0.1) is 13.2 Å². The number of ether oxygens (including phenoxy) is 1. The van der Waals surface area contributed by atoms with E-state index in [0.717, 1.165) is 23.8 Å². The molecular weight excluding hydrogens is 154 g/mol. The predicted octanol–water partition coefficient (Wildman–Crippen LogP) is 0.967. The van der Waals surface area contributed by atoms with Gasteiger partial charge < -0.3 is 4.74 Å². The van der Waals surface area contributed by atoms with Crippen molar-refractivity contribution in [1.82, 2.24) is 4.98 Å². The number of rotatable bonds is 1. The minimum Gasteiger partial charge on any atom is -0.376 e. The van der Waals surface area contributed by atoms with Gasteiger partial charge in [-0.3, -0.25) is 9.78 Å². The van der Waals surface area contributed by atoms with Crippen molar-refractivity contribution in [2.24, 2.45) is 0 Å². The lowest BCUT2D eigenvalue weighted by Gasteiger charge is -2.16. The number of aldehydes is 1. The third-order valence-electron chi connectivity index (χ3n) is 2.06. The summed E-state index contributed by atoms with van der Waals surface area (Å²) < 4.78 is 5.24. The van der Waals surface area contributed by atoms with Gasteiger partial charge >= 0.3 is 0 Å². The third kappa shape index (κ3) is 1.12. The van der Waals surface area contributed by atoms with E-state index in [1.807, 2.05) is 0 Å². The fourth-order valence-corrected chi connectivity index (χ4v) is 1.44. The van der Waals surface area contributed by atoms with E-state index in [0.29, 0.717) is 18.8 Å². The number of carbonyl (C=O) groups excluding carboxylic acids is 1. The minimum absolute atomic E-state index is 0.587. The zero-order valence-corrected chi connectivity index (χ0v) is 6.62. The van der Waals surface area contributed by atoms with Crippen molar-refractivity contribution in [2.45, 2.75) is 13.0 Å². The molecule has 3 heteroatoms. The minimum atomic E-state index is 0.587. The first-order chi connectivity index (χ1) is 5.92. The number of hydrogen-bond acceptors (Lipinski definition) is 3. The van der Waals surface area contributed by atoms with Gasteiger partial charge in [-0.05, 0) is 12.0 Å². The Labute approximate surface area is 70.4 Å². The maximum atomic E-state index is 10.6. The topological polar surface area (TPSA) is 39.2 Å². The van der Waals surface area contributed by atoms with Gasteiger partial charge in [0, 0.05) is 23.5 Å². The molecule has 0 amide bonds. The summed E-state index contributed by atoms with van der Waals surface area (Å²) in [6.45, 7) is 1.29. The monoisotopic (exact) mass is 163 g/mol. The molecule has 0 aromatic carbocycles. The molecule has 0 unspecified atom stereocenters. The Balaban J connectivity index is 2.51. The van der Waals surface area contributed by atoms with Crippen LogP contribution in [0.25, 0.3) is 0 Å². The highest BCUT2D eigenvalue weighted by Gasteiger charge is 2.12. The van der Waals surface area contributed by atoms with Gasteiger partial charge in [0.15, 0.2) is 6.29 Å². The van der Waals surface area contributed by atoms with E-state index in [-0.39, 0.29) is 0 Å². The summed E-state index contributed by atoms with van der Waals surface area (Å²) >= 11 is 0. The second-order valence-corrected chi connectivity index (χ2v) is 2.79. The fourth-order valence-electron chi connectivity index (χ4n) is 1.44. The Morgan fingerprint density at radius 1 is 1.50 bits per heavy atom. The number of hydrogen-bond donors (Lipinski definition) is 0. The van der Waals surface area contributed by atoms with Crippen LogP contribution < -0.4 is 0 Å². The van der Waals surface area contributed by atoms with E-state index in [9.17, 15) is 4.79 Å². The molecule has 3 nitrogen and oxygen atoms in total. The van der Waals surface area contributed by atoms with Crippen molar-refractivity contribution in [3.63, 3.8) is 0 Å². The molecule has 62 valence electrons. The van der Waals surface area contributed by atoms with E-state index >= 15 is 0 Å². The molecule has 0 saturated carbocycles. The van der Waals surface area contributed by atoms with Gasteiger partial charge in [0.25, 0.3) is 0 Å². The predicted molar refractivity (Wildman–Crippen MR) is 43.0 cm³/mol. The van der Waals surface area contributed by atoms with Crippen molar-refractivity contribution < 1.29 is 9.53 Å². The molecule has 2 rings (SSSR count). The summed E-state index contributed by atoms with van der Waals surface area (Å²) in [5, 5.41) is 0. The smallest absolute Gasteiger partial charge is 0.151 e. The highest BCUT2D eigenvalue weighted by Crippen LogP contribution is 2.17. The summed E-state index contributed by atoms with van der Waals surface area (Å²) in [7, 11) is 0. The highest BCUT2D eigenvalue weighted by atomic mass is 16.5. The second kappa shape index (κ2) is 3.03. The van der Waals surface area contributed by atoms with Crippen LogP contribution in [0.2, 0.25) is 0 Å². The average Bonchev–Trinajstić information content (AvgIpc) is 2.17. The molecule has 0 N–H and O–H groups in total.